The Hall–Kier alpha value is -0.310. The smallest absolute Gasteiger partial charge is 0.0671 e. The second kappa shape index (κ2) is 30.4. The van der Waals surface area contributed by atoms with E-state index in [1.165, 1.54) is 70.6 Å². The van der Waals surface area contributed by atoms with Gasteiger partial charge >= 0.3 is 0 Å². The Labute approximate surface area is 176 Å². The van der Waals surface area contributed by atoms with Crippen LogP contribution in [0.3, 0.4) is 0 Å². The lowest BCUT2D eigenvalue weighted by Gasteiger charge is -2.03. The van der Waals surface area contributed by atoms with Crippen LogP contribution in [0, 0.1) is 0 Å². The largest absolute Gasteiger partial charge is 0.396 e. The monoisotopic (exact) mass is 404 g/mol. The molecule has 0 aliphatic heterocycles. The zero-order chi connectivity index (χ0) is 21.2. The maximum Gasteiger partial charge on any atom is 0.0671 e. The van der Waals surface area contributed by atoms with Gasteiger partial charge in [0.15, 0.2) is 0 Å². The van der Waals surface area contributed by atoms with Crippen LogP contribution in [-0.4, -0.2) is 30.8 Å². The highest BCUT2D eigenvalue weighted by molar-refractivity contribution is 6.19. The number of aliphatic hydroxyl groups is 1. The lowest BCUT2D eigenvalue weighted by atomic mass is 10.1. The Morgan fingerprint density at radius 3 is 1.52 bits per heavy atom. The van der Waals surface area contributed by atoms with E-state index in [1.807, 2.05) is 13.8 Å². The van der Waals surface area contributed by atoms with Crippen molar-refractivity contribution in [3.05, 3.63) is 24.3 Å². The number of hydrogen-bond donors (Lipinski definition) is 1. The molecule has 0 aliphatic rings. The SMILES string of the molecule is C=C(C)CCl.C=C(C)COCCCCCCCC.CCCCCCCCO. The van der Waals surface area contributed by atoms with E-state index in [4.69, 9.17) is 21.4 Å². The van der Waals surface area contributed by atoms with E-state index in [0.717, 1.165) is 30.8 Å². The predicted octanol–water partition coefficient (Wildman–Crippen LogP) is 8.08. The predicted molar refractivity (Wildman–Crippen MR) is 125 cm³/mol. The molecule has 27 heavy (non-hydrogen) atoms. The summed E-state index contributed by atoms with van der Waals surface area (Å²) >= 11 is 5.24. The summed E-state index contributed by atoms with van der Waals surface area (Å²) in [7, 11) is 0. The fourth-order valence-corrected chi connectivity index (χ4v) is 2.12. The number of unbranched alkanes of at least 4 members (excludes halogenated alkanes) is 10. The molecule has 0 saturated heterocycles. The lowest BCUT2D eigenvalue weighted by molar-refractivity contribution is 0.151. The molecule has 0 aromatic rings. The Morgan fingerprint density at radius 2 is 1.15 bits per heavy atom. The summed E-state index contributed by atoms with van der Waals surface area (Å²) in [5, 5.41) is 8.42. The van der Waals surface area contributed by atoms with Crippen molar-refractivity contribution < 1.29 is 9.84 Å². The maximum absolute atomic E-state index is 8.42. The van der Waals surface area contributed by atoms with Crippen LogP contribution in [0.2, 0.25) is 0 Å². The number of aliphatic hydroxyl groups excluding tert-OH is 1. The van der Waals surface area contributed by atoms with Crippen molar-refractivity contribution in [2.24, 2.45) is 0 Å². The average molecular weight is 405 g/mol. The third-order valence-corrected chi connectivity index (χ3v) is 4.19. The van der Waals surface area contributed by atoms with Crippen LogP contribution in [-0.2, 0) is 4.74 Å². The Kier molecular flexibility index (Phi) is 35.4. The minimum absolute atomic E-state index is 0.367. The van der Waals surface area contributed by atoms with Gasteiger partial charge in [-0.3, -0.25) is 0 Å². The summed E-state index contributed by atoms with van der Waals surface area (Å²) in [5.41, 5.74) is 2.14. The zero-order valence-electron chi connectivity index (χ0n) is 19.0. The molecule has 0 aromatic carbocycles. The van der Waals surface area contributed by atoms with Gasteiger partial charge < -0.3 is 9.84 Å². The van der Waals surface area contributed by atoms with Gasteiger partial charge in [0.25, 0.3) is 0 Å². The third-order valence-electron chi connectivity index (χ3n) is 3.73. The Morgan fingerprint density at radius 1 is 0.741 bits per heavy atom. The molecule has 0 aromatic heterocycles. The average Bonchev–Trinajstić information content (AvgIpc) is 2.64. The molecule has 0 radical (unpaired) electrons. The molecule has 164 valence electrons. The summed E-state index contributed by atoms with van der Waals surface area (Å²) in [4.78, 5) is 0. The van der Waals surface area contributed by atoms with Gasteiger partial charge in [-0.1, -0.05) is 102 Å². The van der Waals surface area contributed by atoms with Crippen molar-refractivity contribution >= 4 is 11.6 Å². The van der Waals surface area contributed by atoms with Crippen molar-refractivity contribution in [2.75, 3.05) is 25.7 Å². The van der Waals surface area contributed by atoms with Crippen molar-refractivity contribution in [1.29, 1.82) is 0 Å². The molecule has 0 bridgehead atoms. The number of hydrogen-bond acceptors (Lipinski definition) is 2. The minimum Gasteiger partial charge on any atom is -0.396 e. The molecule has 0 atom stereocenters. The molecular formula is C24H49ClO2. The fraction of sp³-hybridized carbons (Fsp3) is 0.833. The van der Waals surface area contributed by atoms with Crippen LogP contribution in [0.25, 0.3) is 0 Å². The van der Waals surface area contributed by atoms with Crippen molar-refractivity contribution in [3.63, 3.8) is 0 Å². The maximum atomic E-state index is 8.42. The number of ether oxygens (including phenoxy) is 1. The second-order valence-electron chi connectivity index (χ2n) is 7.36. The van der Waals surface area contributed by atoms with Gasteiger partial charge in [0.05, 0.1) is 6.61 Å². The van der Waals surface area contributed by atoms with Crippen LogP contribution in [0.15, 0.2) is 24.3 Å². The van der Waals surface area contributed by atoms with Crippen molar-refractivity contribution in [2.45, 2.75) is 105 Å². The molecule has 0 amide bonds. The first-order valence-electron chi connectivity index (χ1n) is 11.0. The van der Waals surface area contributed by atoms with Crippen LogP contribution >= 0.6 is 11.6 Å². The van der Waals surface area contributed by atoms with E-state index in [2.05, 4.69) is 27.0 Å². The van der Waals surface area contributed by atoms with Gasteiger partial charge in [-0.05, 0) is 26.7 Å². The van der Waals surface area contributed by atoms with E-state index in [1.54, 1.807) is 0 Å². The molecule has 0 unspecified atom stereocenters. The molecule has 0 heterocycles. The Bertz CT molecular complexity index is 284. The molecule has 3 heteroatoms. The van der Waals surface area contributed by atoms with E-state index in [-0.39, 0.29) is 0 Å². The molecule has 0 aliphatic carbocycles. The van der Waals surface area contributed by atoms with Crippen LogP contribution in [0.5, 0.6) is 0 Å². The number of halogens is 1. The normalized spacial score (nSPS) is 9.70. The lowest BCUT2D eigenvalue weighted by Crippen LogP contribution is -1.97. The molecule has 0 rings (SSSR count). The molecule has 0 saturated carbocycles. The molecule has 2 nitrogen and oxygen atoms in total. The van der Waals surface area contributed by atoms with Crippen LogP contribution in [0.4, 0.5) is 0 Å². The highest BCUT2D eigenvalue weighted by Crippen LogP contribution is 2.05. The molecule has 1 N–H and O–H groups in total. The van der Waals surface area contributed by atoms with E-state index in [9.17, 15) is 0 Å². The highest BCUT2D eigenvalue weighted by Gasteiger charge is 1.91. The summed E-state index contributed by atoms with van der Waals surface area (Å²) in [5.74, 6) is 0.583. The van der Waals surface area contributed by atoms with Crippen molar-refractivity contribution in [3.8, 4) is 0 Å². The first-order chi connectivity index (χ1) is 13.0. The molecular weight excluding hydrogens is 356 g/mol. The fourth-order valence-electron chi connectivity index (χ4n) is 2.12. The molecule has 0 spiro atoms. The summed E-state index contributed by atoms with van der Waals surface area (Å²) in [6.45, 7) is 17.7. The third kappa shape index (κ3) is 46.1. The van der Waals surface area contributed by atoms with E-state index < -0.39 is 0 Å². The number of allylic oxidation sites excluding steroid dienone is 1. The summed E-state index contributed by atoms with van der Waals surface area (Å²) < 4.78 is 5.40. The van der Waals surface area contributed by atoms with Gasteiger partial charge in [-0.15, -0.1) is 11.6 Å². The van der Waals surface area contributed by atoms with Gasteiger partial charge in [-0.25, -0.2) is 0 Å². The Balaban J connectivity index is -0.000000356. The van der Waals surface area contributed by atoms with Gasteiger partial charge in [0.2, 0.25) is 0 Å². The second-order valence-corrected chi connectivity index (χ2v) is 7.63. The highest BCUT2D eigenvalue weighted by atomic mass is 35.5. The van der Waals surface area contributed by atoms with Crippen LogP contribution in [0.1, 0.15) is 105 Å². The topological polar surface area (TPSA) is 29.5 Å². The van der Waals surface area contributed by atoms with Crippen molar-refractivity contribution in [1.82, 2.24) is 0 Å². The first kappa shape index (κ1) is 31.4. The van der Waals surface area contributed by atoms with E-state index >= 15 is 0 Å². The summed E-state index contributed by atoms with van der Waals surface area (Å²) in [6.07, 6.45) is 15.5. The molecule has 0 fully saturated rings. The first-order valence-corrected chi connectivity index (χ1v) is 11.5. The van der Waals surface area contributed by atoms with E-state index in [0.29, 0.717) is 12.5 Å². The zero-order valence-corrected chi connectivity index (χ0v) is 19.7. The standard InChI is InChI=1S/C12H24O.C8H18O.C4H7Cl/c1-4-5-6-7-8-9-10-13-11-12(2)3;1-2-3-4-5-6-7-8-9;1-4(2)3-5/h2,4-11H2,1,3H3;9H,2-8H2,1H3;1,3H2,2H3. The summed E-state index contributed by atoms with van der Waals surface area (Å²) in [6, 6.07) is 0. The van der Waals surface area contributed by atoms with Crippen LogP contribution < -0.4 is 0 Å². The quantitative estimate of drug-likeness (QED) is 0.160. The van der Waals surface area contributed by atoms with Gasteiger partial charge in [-0.2, -0.15) is 0 Å². The van der Waals surface area contributed by atoms with Gasteiger partial charge in [0.1, 0.15) is 0 Å². The minimum atomic E-state index is 0.367. The van der Waals surface area contributed by atoms with Gasteiger partial charge in [0, 0.05) is 19.1 Å². The number of alkyl halides is 1. The number of rotatable bonds is 16.